The van der Waals surface area contributed by atoms with Crippen molar-refractivity contribution in [2.24, 2.45) is 5.73 Å². The van der Waals surface area contributed by atoms with E-state index in [1.165, 1.54) is 25.3 Å². The third kappa shape index (κ3) is 6.06. The number of esters is 1. The van der Waals surface area contributed by atoms with E-state index >= 15 is 0 Å². The Balaban J connectivity index is 1.37. The SMILES string of the molecule is COc1c(Cl)cc(C(=O)Oc2ccc3c(c2)OC(N)=C(C#N)C3c2ccc(OCc3ccc(Cl)cc3)cc2)cc1Cl. The molecule has 1 heterocycles. The van der Waals surface area contributed by atoms with Gasteiger partial charge in [0.2, 0.25) is 5.88 Å². The van der Waals surface area contributed by atoms with E-state index in [9.17, 15) is 10.1 Å². The minimum atomic E-state index is -0.681. The molecule has 4 aromatic carbocycles. The molecule has 0 aromatic heterocycles. The van der Waals surface area contributed by atoms with Gasteiger partial charge in [-0.3, -0.25) is 0 Å². The number of carbonyl (C=O) groups excluding carboxylic acids is 1. The van der Waals surface area contributed by atoms with Crippen molar-refractivity contribution >= 4 is 40.8 Å². The monoisotopic (exact) mass is 606 g/mol. The molecule has 10 heteroatoms. The number of hydrogen-bond acceptors (Lipinski definition) is 7. The van der Waals surface area contributed by atoms with Gasteiger partial charge in [-0.15, -0.1) is 0 Å². The van der Waals surface area contributed by atoms with Crippen molar-refractivity contribution in [3.8, 4) is 29.1 Å². The predicted molar refractivity (Wildman–Crippen MR) is 156 cm³/mol. The summed E-state index contributed by atoms with van der Waals surface area (Å²) in [5.41, 5.74) is 9.01. The number of carbonyl (C=O) groups is 1. The van der Waals surface area contributed by atoms with Crippen LogP contribution in [0.4, 0.5) is 0 Å². The van der Waals surface area contributed by atoms with Crippen LogP contribution in [-0.4, -0.2) is 13.1 Å². The summed E-state index contributed by atoms with van der Waals surface area (Å²) in [6.45, 7) is 0.378. The van der Waals surface area contributed by atoms with Gasteiger partial charge in [-0.2, -0.15) is 5.26 Å². The van der Waals surface area contributed by atoms with E-state index in [0.29, 0.717) is 28.7 Å². The van der Waals surface area contributed by atoms with Crippen molar-refractivity contribution in [1.82, 2.24) is 0 Å². The van der Waals surface area contributed by atoms with E-state index in [1.54, 1.807) is 12.1 Å². The molecular weight excluding hydrogens is 587 g/mol. The summed E-state index contributed by atoms with van der Waals surface area (Å²) in [4.78, 5) is 12.8. The largest absolute Gasteiger partial charge is 0.494 e. The van der Waals surface area contributed by atoms with Gasteiger partial charge >= 0.3 is 5.97 Å². The molecular formula is C31H21Cl3N2O5. The Kier molecular flexibility index (Phi) is 8.27. The summed E-state index contributed by atoms with van der Waals surface area (Å²) in [7, 11) is 1.43. The summed E-state index contributed by atoms with van der Waals surface area (Å²) in [5, 5.41) is 10.9. The molecule has 1 unspecified atom stereocenters. The fourth-order valence-corrected chi connectivity index (χ4v) is 5.15. The number of hydrogen-bond donors (Lipinski definition) is 1. The highest BCUT2D eigenvalue weighted by atomic mass is 35.5. The average Bonchev–Trinajstić information content (AvgIpc) is 2.96. The number of nitrogens with two attached hydrogens (primary N) is 1. The van der Waals surface area contributed by atoms with Crippen LogP contribution in [0, 0.1) is 11.3 Å². The number of methoxy groups -OCH3 is 1. The molecule has 41 heavy (non-hydrogen) atoms. The molecule has 0 aliphatic carbocycles. The molecule has 1 atom stereocenters. The first kappa shape index (κ1) is 28.2. The Morgan fingerprint density at radius 1 is 0.951 bits per heavy atom. The van der Waals surface area contributed by atoms with Crippen LogP contribution in [0.5, 0.6) is 23.0 Å². The quantitative estimate of drug-likeness (QED) is 0.170. The molecule has 0 spiro atoms. The maximum Gasteiger partial charge on any atom is 0.343 e. The van der Waals surface area contributed by atoms with Gasteiger partial charge in [-0.1, -0.05) is 65.1 Å². The minimum absolute atomic E-state index is 0.0368. The highest BCUT2D eigenvalue weighted by Gasteiger charge is 2.31. The van der Waals surface area contributed by atoms with Crippen LogP contribution in [0.15, 0.2) is 90.3 Å². The first-order valence-electron chi connectivity index (χ1n) is 12.2. The normalized spacial score (nSPS) is 14.0. The molecule has 0 radical (unpaired) electrons. The second-order valence-corrected chi connectivity index (χ2v) is 10.2. The van der Waals surface area contributed by atoms with Gasteiger partial charge in [0.15, 0.2) is 5.75 Å². The topological polar surface area (TPSA) is 104 Å². The number of nitrogens with zero attached hydrogens (tertiary/aromatic N) is 1. The fourth-order valence-electron chi connectivity index (χ4n) is 4.38. The van der Waals surface area contributed by atoms with Crippen LogP contribution >= 0.6 is 34.8 Å². The molecule has 0 fully saturated rings. The van der Waals surface area contributed by atoms with E-state index in [2.05, 4.69) is 6.07 Å². The van der Waals surface area contributed by atoms with Gasteiger partial charge in [-0.05, 0) is 53.6 Å². The maximum atomic E-state index is 12.8. The number of rotatable bonds is 7. The third-order valence-electron chi connectivity index (χ3n) is 6.37. The van der Waals surface area contributed by atoms with Crippen LogP contribution in [0.3, 0.4) is 0 Å². The summed E-state index contributed by atoms with van der Waals surface area (Å²) in [5.74, 6) is 0.255. The maximum absolute atomic E-state index is 12.8. The van der Waals surface area contributed by atoms with Gasteiger partial charge in [-0.25, -0.2) is 4.79 Å². The zero-order valence-corrected chi connectivity index (χ0v) is 23.8. The molecule has 7 nitrogen and oxygen atoms in total. The summed E-state index contributed by atoms with van der Waals surface area (Å²) in [6.07, 6.45) is 0. The van der Waals surface area contributed by atoms with Gasteiger partial charge in [0.05, 0.1) is 28.6 Å². The molecule has 1 aliphatic rings. The third-order valence-corrected chi connectivity index (χ3v) is 7.18. The molecule has 2 N–H and O–H groups in total. The fraction of sp³-hybridized carbons (Fsp3) is 0.0968. The van der Waals surface area contributed by atoms with E-state index in [1.807, 2.05) is 48.5 Å². The first-order chi connectivity index (χ1) is 19.8. The Labute approximate surface area is 251 Å². The lowest BCUT2D eigenvalue weighted by Gasteiger charge is -2.27. The lowest BCUT2D eigenvalue weighted by atomic mass is 9.83. The molecule has 0 saturated carbocycles. The Bertz CT molecular complexity index is 1670. The van der Waals surface area contributed by atoms with Crippen LogP contribution in [0.25, 0.3) is 0 Å². The van der Waals surface area contributed by atoms with Crippen molar-refractivity contribution in [1.29, 1.82) is 5.26 Å². The van der Waals surface area contributed by atoms with Crippen LogP contribution < -0.4 is 24.7 Å². The number of halogens is 3. The molecule has 1 aliphatic heterocycles. The van der Waals surface area contributed by atoms with Gasteiger partial charge in [0, 0.05) is 16.7 Å². The Morgan fingerprint density at radius 2 is 1.61 bits per heavy atom. The smallest absolute Gasteiger partial charge is 0.343 e. The van der Waals surface area contributed by atoms with Crippen molar-refractivity contribution in [3.63, 3.8) is 0 Å². The molecule has 5 rings (SSSR count). The van der Waals surface area contributed by atoms with E-state index < -0.39 is 11.9 Å². The lowest BCUT2D eigenvalue weighted by Crippen LogP contribution is -2.21. The summed E-state index contributed by atoms with van der Waals surface area (Å²) >= 11 is 18.3. The van der Waals surface area contributed by atoms with Crippen LogP contribution in [0.1, 0.15) is 33.0 Å². The first-order valence-corrected chi connectivity index (χ1v) is 13.3. The number of fused-ring (bicyclic) bond motifs is 1. The Hall–Kier alpha value is -4.35. The number of ether oxygens (including phenoxy) is 4. The average molecular weight is 608 g/mol. The Morgan fingerprint density at radius 3 is 2.24 bits per heavy atom. The van der Waals surface area contributed by atoms with Crippen molar-refractivity contribution in [2.75, 3.05) is 7.11 Å². The minimum Gasteiger partial charge on any atom is -0.494 e. The zero-order valence-electron chi connectivity index (χ0n) is 21.5. The molecule has 0 bridgehead atoms. The van der Waals surface area contributed by atoms with Gasteiger partial charge < -0.3 is 24.7 Å². The number of nitriles is 1. The second kappa shape index (κ2) is 12.0. The zero-order chi connectivity index (χ0) is 29.1. The highest BCUT2D eigenvalue weighted by Crippen LogP contribution is 2.44. The molecule has 0 amide bonds. The standard InChI is InChI=1S/C31H21Cl3N2O5/c1-38-29-25(33)12-19(13-26(29)34)31(37)40-22-10-11-23-27(14-22)41-30(36)24(15-35)28(23)18-4-8-21(9-5-18)39-16-17-2-6-20(32)7-3-17/h2-14,28H,16,36H2,1H3. The van der Waals surface area contributed by atoms with E-state index in [-0.39, 0.29) is 38.6 Å². The lowest BCUT2D eigenvalue weighted by molar-refractivity contribution is 0.0734. The highest BCUT2D eigenvalue weighted by molar-refractivity contribution is 6.37. The number of allylic oxidation sites excluding steroid dienone is 1. The molecule has 0 saturated heterocycles. The van der Waals surface area contributed by atoms with Crippen molar-refractivity contribution in [3.05, 3.63) is 128 Å². The van der Waals surface area contributed by atoms with E-state index in [4.69, 9.17) is 59.5 Å². The van der Waals surface area contributed by atoms with Crippen LogP contribution in [-0.2, 0) is 6.61 Å². The summed E-state index contributed by atoms with van der Waals surface area (Å²) in [6, 6.07) is 24.7. The predicted octanol–water partition coefficient (Wildman–Crippen LogP) is 7.67. The van der Waals surface area contributed by atoms with Crippen molar-refractivity contribution < 1.29 is 23.7 Å². The van der Waals surface area contributed by atoms with Crippen molar-refractivity contribution in [2.45, 2.75) is 12.5 Å². The van der Waals surface area contributed by atoms with Gasteiger partial charge in [0.25, 0.3) is 0 Å². The second-order valence-electron chi connectivity index (χ2n) is 8.97. The number of benzene rings is 4. The summed E-state index contributed by atoms with van der Waals surface area (Å²) < 4.78 is 22.3. The molecule has 206 valence electrons. The van der Waals surface area contributed by atoms with Crippen LogP contribution in [0.2, 0.25) is 15.1 Å². The van der Waals surface area contributed by atoms with E-state index in [0.717, 1.165) is 11.1 Å². The molecule has 4 aromatic rings. The van der Waals surface area contributed by atoms with Gasteiger partial charge in [0.1, 0.15) is 35.5 Å².